The zero-order valence-electron chi connectivity index (χ0n) is 12.0. The monoisotopic (exact) mass is 356 g/mol. The second kappa shape index (κ2) is 6.65. The smallest absolute Gasteiger partial charge is 0.311 e. The molecule has 0 aliphatic carbocycles. The molecule has 0 aliphatic rings. The van der Waals surface area contributed by atoms with Crippen molar-refractivity contribution in [2.75, 3.05) is 5.75 Å². The van der Waals surface area contributed by atoms with Crippen LogP contribution >= 0.6 is 11.9 Å². The zero-order valence-corrected chi connectivity index (χ0v) is 12.8. The summed E-state index contributed by atoms with van der Waals surface area (Å²) in [6.07, 6.45) is -3.40. The summed E-state index contributed by atoms with van der Waals surface area (Å²) in [7, 11) is 0. The Morgan fingerprint density at radius 1 is 1.25 bits per heavy atom. The summed E-state index contributed by atoms with van der Waals surface area (Å²) in [5.41, 5.74) is 0.392. The standard InChI is InChI=1S/C14H11F3N4O2S/c15-14(16,17)23-10(9-4-2-1-3-5-9)6-24-21-8-20-11-12(21)18-7-19-13(11)22/h1-5,7-8,10H,6H2,(H,18,19,22). The van der Waals surface area contributed by atoms with E-state index in [0.29, 0.717) is 5.56 Å². The van der Waals surface area contributed by atoms with Crippen LogP contribution in [0.3, 0.4) is 0 Å². The molecule has 1 unspecified atom stereocenters. The van der Waals surface area contributed by atoms with E-state index in [9.17, 15) is 18.0 Å². The van der Waals surface area contributed by atoms with Gasteiger partial charge in [0.15, 0.2) is 11.2 Å². The van der Waals surface area contributed by atoms with Crippen molar-refractivity contribution in [2.24, 2.45) is 0 Å². The van der Waals surface area contributed by atoms with Crippen LogP contribution in [0.4, 0.5) is 13.2 Å². The van der Waals surface area contributed by atoms with Crippen LogP contribution in [-0.4, -0.2) is 31.0 Å². The molecule has 24 heavy (non-hydrogen) atoms. The van der Waals surface area contributed by atoms with E-state index in [2.05, 4.69) is 19.7 Å². The van der Waals surface area contributed by atoms with E-state index in [4.69, 9.17) is 0 Å². The SMILES string of the molecule is O=c1[nH]cnc2c1ncn2SCC(OC(F)(F)F)c1ccccc1. The third-order valence-corrected chi connectivity index (χ3v) is 4.12. The Balaban J connectivity index is 1.82. The second-order valence-electron chi connectivity index (χ2n) is 4.73. The zero-order chi connectivity index (χ0) is 17.2. The molecule has 0 fully saturated rings. The number of nitrogens with zero attached hydrogens (tertiary/aromatic N) is 3. The van der Waals surface area contributed by atoms with Gasteiger partial charge >= 0.3 is 6.36 Å². The molecule has 0 amide bonds. The number of H-pyrrole nitrogens is 1. The van der Waals surface area contributed by atoms with Crippen LogP contribution < -0.4 is 5.56 Å². The van der Waals surface area contributed by atoms with E-state index in [1.807, 2.05) is 0 Å². The van der Waals surface area contributed by atoms with Crippen molar-refractivity contribution in [3.8, 4) is 0 Å². The Hall–Kier alpha value is -2.33. The minimum atomic E-state index is -4.76. The van der Waals surface area contributed by atoms with Gasteiger partial charge in [-0.1, -0.05) is 30.3 Å². The van der Waals surface area contributed by atoms with E-state index < -0.39 is 18.0 Å². The summed E-state index contributed by atoms with van der Waals surface area (Å²) in [4.78, 5) is 21.9. The molecular weight excluding hydrogens is 345 g/mol. The average molecular weight is 356 g/mol. The van der Waals surface area contributed by atoms with Crippen LogP contribution in [0, 0.1) is 0 Å². The number of nitrogens with one attached hydrogen (secondary N) is 1. The Kier molecular flexibility index (Phi) is 4.58. The molecule has 6 nitrogen and oxygen atoms in total. The summed E-state index contributed by atoms with van der Waals surface area (Å²) in [6, 6.07) is 8.11. The molecule has 3 rings (SSSR count). The van der Waals surface area contributed by atoms with Crippen LogP contribution in [0.5, 0.6) is 0 Å². The predicted molar refractivity (Wildman–Crippen MR) is 82.3 cm³/mol. The highest BCUT2D eigenvalue weighted by Crippen LogP contribution is 2.31. The van der Waals surface area contributed by atoms with Crippen molar-refractivity contribution in [1.82, 2.24) is 18.9 Å². The maximum absolute atomic E-state index is 12.7. The van der Waals surface area contributed by atoms with E-state index in [1.165, 1.54) is 16.6 Å². The fourth-order valence-corrected chi connectivity index (χ4v) is 3.02. The lowest BCUT2D eigenvalue weighted by Gasteiger charge is -2.19. The van der Waals surface area contributed by atoms with Gasteiger partial charge in [0, 0.05) is 5.75 Å². The first-order valence-electron chi connectivity index (χ1n) is 6.77. The number of benzene rings is 1. The number of rotatable bonds is 5. The van der Waals surface area contributed by atoms with Crippen LogP contribution in [0.2, 0.25) is 0 Å². The topological polar surface area (TPSA) is 72.8 Å². The van der Waals surface area contributed by atoms with Gasteiger partial charge in [0.1, 0.15) is 12.4 Å². The van der Waals surface area contributed by atoms with Gasteiger partial charge in [0.2, 0.25) is 0 Å². The van der Waals surface area contributed by atoms with Gasteiger partial charge < -0.3 is 4.98 Å². The maximum atomic E-state index is 12.7. The third kappa shape index (κ3) is 3.77. The molecule has 1 N–H and O–H groups in total. The number of fused-ring (bicyclic) bond motifs is 1. The summed E-state index contributed by atoms with van der Waals surface area (Å²) in [5, 5.41) is 0. The third-order valence-electron chi connectivity index (χ3n) is 3.12. The van der Waals surface area contributed by atoms with Crippen molar-refractivity contribution in [3.63, 3.8) is 0 Å². The molecular formula is C14H11F3N4O2S. The van der Waals surface area contributed by atoms with Crippen LogP contribution in [0.1, 0.15) is 11.7 Å². The lowest BCUT2D eigenvalue weighted by molar-refractivity contribution is -0.341. The Morgan fingerprint density at radius 2 is 2.00 bits per heavy atom. The van der Waals surface area contributed by atoms with E-state index >= 15 is 0 Å². The van der Waals surface area contributed by atoms with E-state index in [-0.39, 0.29) is 16.9 Å². The molecule has 0 saturated heterocycles. The quantitative estimate of drug-likeness (QED) is 0.761. The molecule has 0 aliphatic heterocycles. The molecule has 0 saturated carbocycles. The lowest BCUT2D eigenvalue weighted by atomic mass is 10.1. The highest BCUT2D eigenvalue weighted by Gasteiger charge is 2.34. The first-order valence-corrected chi connectivity index (χ1v) is 7.72. The fraction of sp³-hybridized carbons (Fsp3) is 0.214. The van der Waals surface area contributed by atoms with Crippen molar-refractivity contribution in [3.05, 3.63) is 58.9 Å². The van der Waals surface area contributed by atoms with Crippen LogP contribution in [0.15, 0.2) is 47.8 Å². The number of hydrogen-bond acceptors (Lipinski definition) is 5. The van der Waals surface area contributed by atoms with Gasteiger partial charge in [-0.3, -0.25) is 13.5 Å². The van der Waals surface area contributed by atoms with Crippen molar-refractivity contribution >= 4 is 23.1 Å². The van der Waals surface area contributed by atoms with Crippen LogP contribution in [0.25, 0.3) is 11.2 Å². The van der Waals surface area contributed by atoms with Gasteiger partial charge in [-0.2, -0.15) is 0 Å². The number of alkyl halides is 3. The predicted octanol–water partition coefficient (Wildman–Crippen LogP) is 2.89. The first-order chi connectivity index (χ1) is 11.4. The van der Waals surface area contributed by atoms with Gasteiger partial charge in [-0.15, -0.1) is 13.2 Å². The number of hydrogen-bond donors (Lipinski definition) is 1. The molecule has 3 aromatic rings. The van der Waals surface area contributed by atoms with Crippen molar-refractivity contribution in [2.45, 2.75) is 12.5 Å². The Morgan fingerprint density at radius 3 is 2.71 bits per heavy atom. The molecule has 2 aromatic heterocycles. The van der Waals surface area contributed by atoms with Gasteiger partial charge in [0.05, 0.1) is 6.33 Å². The molecule has 1 atom stereocenters. The highest BCUT2D eigenvalue weighted by molar-refractivity contribution is 7.98. The molecule has 1 aromatic carbocycles. The van der Waals surface area contributed by atoms with Gasteiger partial charge in [-0.25, -0.2) is 9.97 Å². The van der Waals surface area contributed by atoms with Crippen molar-refractivity contribution < 1.29 is 17.9 Å². The molecule has 2 heterocycles. The lowest BCUT2D eigenvalue weighted by Crippen LogP contribution is -2.20. The number of imidazole rings is 1. The van der Waals surface area contributed by atoms with Crippen molar-refractivity contribution in [1.29, 1.82) is 0 Å². The van der Waals surface area contributed by atoms with E-state index in [1.54, 1.807) is 30.3 Å². The summed E-state index contributed by atoms with van der Waals surface area (Å²) in [6.45, 7) is 0. The Bertz CT molecular complexity index is 879. The molecule has 0 spiro atoms. The second-order valence-corrected chi connectivity index (χ2v) is 5.72. The summed E-state index contributed by atoms with van der Waals surface area (Å²) >= 11 is 1.02. The van der Waals surface area contributed by atoms with Crippen LogP contribution in [-0.2, 0) is 4.74 Å². The number of halogens is 3. The van der Waals surface area contributed by atoms with Gasteiger partial charge in [0.25, 0.3) is 5.56 Å². The fourth-order valence-electron chi connectivity index (χ4n) is 2.10. The maximum Gasteiger partial charge on any atom is 0.523 e. The summed E-state index contributed by atoms with van der Waals surface area (Å²) < 4.78 is 43.6. The minimum absolute atomic E-state index is 0.0382. The van der Waals surface area contributed by atoms with E-state index in [0.717, 1.165) is 11.9 Å². The first kappa shape index (κ1) is 16.5. The largest absolute Gasteiger partial charge is 0.523 e. The normalized spacial score (nSPS) is 13.3. The minimum Gasteiger partial charge on any atom is -0.311 e. The van der Waals surface area contributed by atoms with Gasteiger partial charge in [-0.05, 0) is 17.5 Å². The highest BCUT2D eigenvalue weighted by atomic mass is 32.2. The molecule has 10 heteroatoms. The Labute approximate surface area is 137 Å². The summed E-state index contributed by atoms with van der Waals surface area (Å²) in [5.74, 6) is -0.0382. The average Bonchev–Trinajstić information content (AvgIpc) is 2.96. The molecule has 0 bridgehead atoms. The number of ether oxygens (including phenoxy) is 1. The molecule has 0 radical (unpaired) electrons. The number of aromatic amines is 1. The molecule has 126 valence electrons. The number of aromatic nitrogens is 4.